The zero-order chi connectivity index (χ0) is 15.2. The van der Waals surface area contributed by atoms with E-state index in [4.69, 9.17) is 4.74 Å². The third kappa shape index (κ3) is 9.99. The molecular formula is C18H33NO. The van der Waals surface area contributed by atoms with E-state index in [0.29, 0.717) is 12.7 Å². The van der Waals surface area contributed by atoms with Crippen molar-refractivity contribution in [3.05, 3.63) is 35.4 Å². The van der Waals surface area contributed by atoms with Crippen molar-refractivity contribution >= 4 is 0 Å². The minimum absolute atomic E-state index is 0.296. The van der Waals surface area contributed by atoms with E-state index in [9.17, 15) is 0 Å². The Hall–Kier alpha value is -0.860. The Morgan fingerprint density at radius 1 is 1.00 bits per heavy atom. The lowest BCUT2D eigenvalue weighted by molar-refractivity contribution is 0.0657. The topological polar surface area (TPSA) is 21.3 Å². The first kappa shape index (κ1) is 19.1. The van der Waals surface area contributed by atoms with Gasteiger partial charge in [0.1, 0.15) is 0 Å². The molecule has 2 nitrogen and oxygen atoms in total. The van der Waals surface area contributed by atoms with Crippen LogP contribution in [0.2, 0.25) is 0 Å². The predicted octanol–water partition coefficient (Wildman–Crippen LogP) is 4.92. The SMILES string of the molecule is CC.CCCCCNCc1ccc(COC(C)C)cc1. The van der Waals surface area contributed by atoms with E-state index in [1.54, 1.807) is 0 Å². The molecule has 0 fully saturated rings. The first-order chi connectivity index (χ1) is 9.72. The molecule has 0 amide bonds. The number of hydrogen-bond donors (Lipinski definition) is 1. The summed E-state index contributed by atoms with van der Waals surface area (Å²) in [6.07, 6.45) is 4.17. The summed E-state index contributed by atoms with van der Waals surface area (Å²) in [6, 6.07) is 8.69. The fourth-order valence-corrected chi connectivity index (χ4v) is 1.75. The highest BCUT2D eigenvalue weighted by molar-refractivity contribution is 5.21. The molecule has 1 aromatic rings. The van der Waals surface area contributed by atoms with Gasteiger partial charge in [-0.25, -0.2) is 0 Å². The molecule has 0 heterocycles. The fourth-order valence-electron chi connectivity index (χ4n) is 1.75. The largest absolute Gasteiger partial charge is 0.374 e. The van der Waals surface area contributed by atoms with Crippen molar-refractivity contribution in [2.45, 2.75) is 73.1 Å². The van der Waals surface area contributed by atoms with Crippen LogP contribution in [0.25, 0.3) is 0 Å². The Morgan fingerprint density at radius 2 is 1.60 bits per heavy atom. The van der Waals surface area contributed by atoms with E-state index >= 15 is 0 Å². The van der Waals surface area contributed by atoms with Crippen LogP contribution in [0.15, 0.2) is 24.3 Å². The second kappa shape index (κ2) is 13.1. The van der Waals surface area contributed by atoms with Crippen molar-refractivity contribution in [1.29, 1.82) is 0 Å². The zero-order valence-electron chi connectivity index (χ0n) is 14.0. The lowest BCUT2D eigenvalue weighted by Gasteiger charge is -2.08. The minimum atomic E-state index is 0.296. The van der Waals surface area contributed by atoms with Crippen LogP contribution in [-0.4, -0.2) is 12.6 Å². The number of nitrogens with one attached hydrogen (secondary N) is 1. The van der Waals surface area contributed by atoms with Crippen LogP contribution in [-0.2, 0) is 17.9 Å². The molecule has 2 heteroatoms. The summed E-state index contributed by atoms with van der Waals surface area (Å²) in [5, 5.41) is 3.47. The second-order valence-electron chi connectivity index (χ2n) is 5.06. The van der Waals surface area contributed by atoms with Crippen LogP contribution in [0.5, 0.6) is 0 Å². The highest BCUT2D eigenvalue weighted by atomic mass is 16.5. The van der Waals surface area contributed by atoms with E-state index in [0.717, 1.165) is 13.1 Å². The molecular weight excluding hydrogens is 246 g/mol. The van der Waals surface area contributed by atoms with Crippen LogP contribution in [0.3, 0.4) is 0 Å². The van der Waals surface area contributed by atoms with Gasteiger partial charge in [-0.3, -0.25) is 0 Å². The highest BCUT2D eigenvalue weighted by Gasteiger charge is 1.97. The molecule has 0 spiro atoms. The van der Waals surface area contributed by atoms with Crippen molar-refractivity contribution in [2.24, 2.45) is 0 Å². The predicted molar refractivity (Wildman–Crippen MR) is 88.9 cm³/mol. The Kier molecular flexibility index (Phi) is 12.6. The molecule has 116 valence electrons. The summed E-state index contributed by atoms with van der Waals surface area (Å²) >= 11 is 0. The standard InChI is InChI=1S/C16H27NO.C2H6/c1-4-5-6-11-17-12-15-7-9-16(10-8-15)13-18-14(2)3;1-2/h7-10,14,17H,4-6,11-13H2,1-3H3;1-2H3. The van der Waals surface area contributed by atoms with E-state index in [2.05, 4.69) is 50.4 Å². The number of unbranched alkanes of at least 4 members (excludes halogenated alkanes) is 2. The van der Waals surface area contributed by atoms with Gasteiger partial charge in [-0.1, -0.05) is 57.9 Å². The van der Waals surface area contributed by atoms with Gasteiger partial charge in [0.2, 0.25) is 0 Å². The maximum atomic E-state index is 5.58. The molecule has 0 unspecified atom stereocenters. The Balaban J connectivity index is 0.00000172. The summed E-state index contributed by atoms with van der Waals surface area (Å²) in [7, 11) is 0. The average molecular weight is 279 g/mol. The van der Waals surface area contributed by atoms with Gasteiger partial charge in [0.05, 0.1) is 12.7 Å². The molecule has 0 aromatic heterocycles. The van der Waals surface area contributed by atoms with Crippen LogP contribution in [0, 0.1) is 0 Å². The molecule has 0 radical (unpaired) electrons. The molecule has 0 saturated carbocycles. The molecule has 0 aliphatic carbocycles. The third-order valence-corrected chi connectivity index (χ3v) is 2.89. The van der Waals surface area contributed by atoms with Crippen molar-refractivity contribution in [1.82, 2.24) is 5.32 Å². The maximum absolute atomic E-state index is 5.58. The van der Waals surface area contributed by atoms with E-state index in [-0.39, 0.29) is 0 Å². The van der Waals surface area contributed by atoms with Crippen molar-refractivity contribution in [3.63, 3.8) is 0 Å². The lowest BCUT2D eigenvalue weighted by Crippen LogP contribution is -2.14. The smallest absolute Gasteiger partial charge is 0.0720 e. The molecule has 1 N–H and O–H groups in total. The number of ether oxygens (including phenoxy) is 1. The summed E-state index contributed by atoms with van der Waals surface area (Å²) in [6.45, 7) is 13.2. The molecule has 0 atom stereocenters. The van der Waals surface area contributed by atoms with Crippen LogP contribution < -0.4 is 5.32 Å². The molecule has 1 rings (SSSR count). The summed E-state index contributed by atoms with van der Waals surface area (Å²) in [5.41, 5.74) is 2.60. The van der Waals surface area contributed by atoms with Gasteiger partial charge < -0.3 is 10.1 Å². The molecule has 0 saturated heterocycles. The molecule has 1 aromatic carbocycles. The normalized spacial score (nSPS) is 10.3. The van der Waals surface area contributed by atoms with Crippen LogP contribution in [0.1, 0.15) is 65.0 Å². The molecule has 0 aliphatic rings. The van der Waals surface area contributed by atoms with Crippen molar-refractivity contribution < 1.29 is 4.74 Å². The fraction of sp³-hybridized carbons (Fsp3) is 0.667. The van der Waals surface area contributed by atoms with E-state index in [1.807, 2.05) is 13.8 Å². The van der Waals surface area contributed by atoms with Gasteiger partial charge in [-0.2, -0.15) is 0 Å². The zero-order valence-corrected chi connectivity index (χ0v) is 14.0. The highest BCUT2D eigenvalue weighted by Crippen LogP contribution is 2.07. The summed E-state index contributed by atoms with van der Waals surface area (Å²) < 4.78 is 5.58. The van der Waals surface area contributed by atoms with Gasteiger partial charge in [0.25, 0.3) is 0 Å². The van der Waals surface area contributed by atoms with Crippen LogP contribution >= 0.6 is 0 Å². The van der Waals surface area contributed by atoms with Crippen molar-refractivity contribution in [2.75, 3.05) is 6.54 Å². The van der Waals surface area contributed by atoms with Gasteiger partial charge in [0.15, 0.2) is 0 Å². The molecule has 0 aliphatic heterocycles. The van der Waals surface area contributed by atoms with Gasteiger partial charge in [0, 0.05) is 6.54 Å². The van der Waals surface area contributed by atoms with Gasteiger partial charge in [-0.05, 0) is 37.9 Å². The monoisotopic (exact) mass is 279 g/mol. The number of benzene rings is 1. The number of rotatable bonds is 9. The third-order valence-electron chi connectivity index (χ3n) is 2.89. The van der Waals surface area contributed by atoms with E-state index < -0.39 is 0 Å². The van der Waals surface area contributed by atoms with Crippen molar-refractivity contribution in [3.8, 4) is 0 Å². The minimum Gasteiger partial charge on any atom is -0.374 e. The first-order valence-electron chi connectivity index (χ1n) is 8.12. The Morgan fingerprint density at radius 3 is 2.15 bits per heavy atom. The Labute approximate surface area is 125 Å². The van der Waals surface area contributed by atoms with E-state index in [1.165, 1.54) is 30.4 Å². The lowest BCUT2D eigenvalue weighted by atomic mass is 10.1. The second-order valence-corrected chi connectivity index (χ2v) is 5.06. The molecule has 0 bridgehead atoms. The quantitative estimate of drug-likeness (QED) is 0.648. The maximum Gasteiger partial charge on any atom is 0.0720 e. The van der Waals surface area contributed by atoms with Gasteiger partial charge in [-0.15, -0.1) is 0 Å². The van der Waals surface area contributed by atoms with Crippen LogP contribution in [0.4, 0.5) is 0 Å². The summed E-state index contributed by atoms with van der Waals surface area (Å²) in [5.74, 6) is 0. The average Bonchev–Trinajstić information content (AvgIpc) is 2.48. The Bertz CT molecular complexity index is 306. The molecule has 20 heavy (non-hydrogen) atoms. The first-order valence-corrected chi connectivity index (χ1v) is 8.12. The summed E-state index contributed by atoms with van der Waals surface area (Å²) in [4.78, 5) is 0. The van der Waals surface area contributed by atoms with Gasteiger partial charge >= 0.3 is 0 Å². The number of hydrogen-bond acceptors (Lipinski definition) is 2.